The van der Waals surface area contributed by atoms with Gasteiger partial charge in [0.2, 0.25) is 0 Å². The lowest BCUT2D eigenvalue weighted by atomic mass is 10.1. The summed E-state index contributed by atoms with van der Waals surface area (Å²) in [6, 6.07) is 3.61. The molecule has 0 spiro atoms. The van der Waals surface area contributed by atoms with E-state index in [9.17, 15) is 8.42 Å². The second-order valence-corrected chi connectivity index (χ2v) is 7.41. The molecule has 0 bridgehead atoms. The zero-order chi connectivity index (χ0) is 13.3. The van der Waals surface area contributed by atoms with Gasteiger partial charge in [-0.2, -0.15) is 0 Å². The molecule has 18 heavy (non-hydrogen) atoms. The number of hydrogen-bond donors (Lipinski definition) is 0. The Labute approximate surface area is 116 Å². The van der Waals surface area contributed by atoms with E-state index in [2.05, 4.69) is 32.7 Å². The predicted molar refractivity (Wildman–Crippen MR) is 76.1 cm³/mol. The number of halogens is 1. The first-order valence-corrected chi connectivity index (χ1v) is 8.94. The van der Waals surface area contributed by atoms with Crippen LogP contribution in [0.5, 0.6) is 0 Å². The molecule has 4 nitrogen and oxygen atoms in total. The van der Waals surface area contributed by atoms with Crippen LogP contribution in [-0.2, 0) is 9.84 Å². The predicted octanol–water partition coefficient (Wildman–Crippen LogP) is 2.09. The topological polar surface area (TPSA) is 50.3 Å². The molecule has 1 aromatic heterocycles. The molecule has 1 fully saturated rings. The van der Waals surface area contributed by atoms with Gasteiger partial charge in [0.25, 0.3) is 0 Å². The number of rotatable bonds is 3. The summed E-state index contributed by atoms with van der Waals surface area (Å²) in [7, 11) is -3.24. The lowest BCUT2D eigenvalue weighted by molar-refractivity contribution is 0.551. The van der Waals surface area contributed by atoms with Crippen molar-refractivity contribution in [2.45, 2.75) is 24.3 Å². The van der Waals surface area contributed by atoms with Gasteiger partial charge in [0.15, 0.2) is 9.84 Å². The van der Waals surface area contributed by atoms with Crippen molar-refractivity contribution in [1.29, 1.82) is 0 Å². The number of pyridine rings is 1. The minimum absolute atomic E-state index is 0.306. The van der Waals surface area contributed by atoms with Gasteiger partial charge in [-0.3, -0.25) is 0 Å². The summed E-state index contributed by atoms with van der Waals surface area (Å²) >= 11 is 3.51. The molecular formula is C12H17BrN2O2S. The minimum Gasteiger partial charge on any atom is -0.351 e. The third-order valence-electron chi connectivity index (χ3n) is 3.46. The van der Waals surface area contributed by atoms with E-state index in [4.69, 9.17) is 0 Å². The van der Waals surface area contributed by atoms with Crippen molar-refractivity contribution in [3.63, 3.8) is 0 Å². The van der Waals surface area contributed by atoms with Gasteiger partial charge in [0.1, 0.15) is 10.7 Å². The summed E-state index contributed by atoms with van der Waals surface area (Å²) in [5, 5.41) is 0.827. The molecule has 1 aliphatic heterocycles. The van der Waals surface area contributed by atoms with Crippen LogP contribution in [-0.4, -0.2) is 37.6 Å². The Kier molecular flexibility index (Phi) is 3.96. The van der Waals surface area contributed by atoms with Crippen LogP contribution in [0.2, 0.25) is 0 Å². The normalized spacial score (nSPS) is 24.5. The molecule has 1 aromatic rings. The van der Waals surface area contributed by atoms with Gasteiger partial charge in [-0.15, -0.1) is 0 Å². The molecule has 0 radical (unpaired) electrons. The van der Waals surface area contributed by atoms with E-state index >= 15 is 0 Å². The van der Waals surface area contributed by atoms with E-state index in [1.54, 1.807) is 18.3 Å². The van der Waals surface area contributed by atoms with Gasteiger partial charge in [-0.1, -0.05) is 22.9 Å². The molecule has 100 valence electrons. The number of aromatic nitrogens is 1. The number of alkyl halides is 1. The molecule has 0 aromatic carbocycles. The third kappa shape index (κ3) is 2.54. The fourth-order valence-corrected chi connectivity index (χ4v) is 4.21. The first-order valence-electron chi connectivity index (χ1n) is 5.93. The lowest BCUT2D eigenvalue weighted by Crippen LogP contribution is -2.35. The van der Waals surface area contributed by atoms with Gasteiger partial charge in [-0.25, -0.2) is 13.4 Å². The van der Waals surface area contributed by atoms with Crippen LogP contribution in [0, 0.1) is 5.92 Å². The van der Waals surface area contributed by atoms with E-state index in [1.165, 1.54) is 6.26 Å². The SMILES string of the molecule is CC1CCN(c2ncccc2S(C)(=O)=O)C1CBr. The largest absolute Gasteiger partial charge is 0.351 e. The Morgan fingerprint density at radius 3 is 2.89 bits per heavy atom. The third-order valence-corrected chi connectivity index (χ3v) is 5.24. The van der Waals surface area contributed by atoms with Crippen molar-refractivity contribution in [1.82, 2.24) is 4.98 Å². The van der Waals surface area contributed by atoms with Gasteiger partial charge in [0, 0.05) is 30.4 Å². The van der Waals surface area contributed by atoms with E-state index in [0.717, 1.165) is 18.3 Å². The van der Waals surface area contributed by atoms with Gasteiger partial charge < -0.3 is 4.90 Å². The maximum Gasteiger partial charge on any atom is 0.179 e. The Morgan fingerprint density at radius 2 is 2.28 bits per heavy atom. The van der Waals surface area contributed by atoms with Gasteiger partial charge in [-0.05, 0) is 24.5 Å². The van der Waals surface area contributed by atoms with Crippen LogP contribution in [0.4, 0.5) is 5.82 Å². The summed E-state index contributed by atoms with van der Waals surface area (Å²) in [4.78, 5) is 6.72. The van der Waals surface area contributed by atoms with Crippen LogP contribution in [0.1, 0.15) is 13.3 Å². The maximum atomic E-state index is 11.8. The molecule has 6 heteroatoms. The van der Waals surface area contributed by atoms with E-state index < -0.39 is 9.84 Å². The molecule has 0 amide bonds. The number of nitrogens with zero attached hydrogens (tertiary/aromatic N) is 2. The Morgan fingerprint density at radius 1 is 1.56 bits per heavy atom. The minimum atomic E-state index is -3.24. The van der Waals surface area contributed by atoms with Crippen molar-refractivity contribution < 1.29 is 8.42 Å². The Balaban J connectivity index is 2.46. The van der Waals surface area contributed by atoms with Crippen molar-refractivity contribution in [3.05, 3.63) is 18.3 Å². The van der Waals surface area contributed by atoms with Crippen LogP contribution in [0.15, 0.2) is 23.2 Å². The quantitative estimate of drug-likeness (QED) is 0.795. The first-order chi connectivity index (χ1) is 8.45. The Bertz CT molecular complexity index is 533. The molecule has 2 rings (SSSR count). The monoisotopic (exact) mass is 332 g/mol. The highest BCUT2D eigenvalue weighted by Gasteiger charge is 2.33. The zero-order valence-electron chi connectivity index (χ0n) is 10.5. The second kappa shape index (κ2) is 5.17. The van der Waals surface area contributed by atoms with Crippen molar-refractivity contribution >= 4 is 31.6 Å². The van der Waals surface area contributed by atoms with Crippen molar-refractivity contribution in [2.24, 2.45) is 5.92 Å². The first kappa shape index (κ1) is 13.8. The average Bonchev–Trinajstić information content (AvgIpc) is 2.69. The summed E-state index contributed by atoms with van der Waals surface area (Å²) < 4.78 is 23.6. The summed E-state index contributed by atoms with van der Waals surface area (Å²) in [6.45, 7) is 3.05. The van der Waals surface area contributed by atoms with E-state index in [1.807, 2.05) is 0 Å². The molecule has 1 saturated heterocycles. The highest BCUT2D eigenvalue weighted by atomic mass is 79.9. The van der Waals surface area contributed by atoms with Gasteiger partial charge >= 0.3 is 0 Å². The van der Waals surface area contributed by atoms with Crippen LogP contribution < -0.4 is 4.90 Å². The highest BCUT2D eigenvalue weighted by molar-refractivity contribution is 9.09. The van der Waals surface area contributed by atoms with Crippen LogP contribution in [0.25, 0.3) is 0 Å². The molecule has 2 unspecified atom stereocenters. The van der Waals surface area contributed by atoms with E-state index in [-0.39, 0.29) is 0 Å². The number of hydrogen-bond acceptors (Lipinski definition) is 4. The van der Waals surface area contributed by atoms with E-state index in [0.29, 0.717) is 22.7 Å². The Hall–Kier alpha value is -0.620. The molecule has 0 N–H and O–H groups in total. The number of anilines is 1. The summed E-state index contributed by atoms with van der Waals surface area (Å²) in [6.07, 6.45) is 3.95. The maximum absolute atomic E-state index is 11.8. The number of sulfone groups is 1. The fraction of sp³-hybridized carbons (Fsp3) is 0.583. The molecule has 2 atom stereocenters. The van der Waals surface area contributed by atoms with Crippen LogP contribution in [0.3, 0.4) is 0 Å². The average molecular weight is 333 g/mol. The summed E-state index contributed by atoms with van der Waals surface area (Å²) in [5.74, 6) is 1.13. The standard InChI is InChI=1S/C12H17BrN2O2S/c1-9-5-7-15(10(9)8-13)12-11(18(2,16)17)4-3-6-14-12/h3-4,6,9-10H,5,7-8H2,1-2H3. The fourth-order valence-electron chi connectivity index (χ4n) is 2.39. The highest BCUT2D eigenvalue weighted by Crippen LogP contribution is 2.32. The summed E-state index contributed by atoms with van der Waals surface area (Å²) in [5.41, 5.74) is 0. The molecule has 0 aliphatic carbocycles. The lowest BCUT2D eigenvalue weighted by Gasteiger charge is -2.27. The molecule has 2 heterocycles. The van der Waals surface area contributed by atoms with Crippen molar-refractivity contribution in [2.75, 3.05) is 23.0 Å². The smallest absolute Gasteiger partial charge is 0.179 e. The molecular weight excluding hydrogens is 316 g/mol. The molecule has 1 aliphatic rings. The molecule has 0 saturated carbocycles. The van der Waals surface area contributed by atoms with Crippen LogP contribution >= 0.6 is 15.9 Å². The van der Waals surface area contributed by atoms with Gasteiger partial charge in [0.05, 0.1) is 0 Å². The zero-order valence-corrected chi connectivity index (χ0v) is 12.9. The second-order valence-electron chi connectivity index (χ2n) is 4.78. The van der Waals surface area contributed by atoms with Crippen molar-refractivity contribution in [3.8, 4) is 0 Å².